The molecule has 2 aromatic carbocycles. The van der Waals surface area contributed by atoms with Gasteiger partial charge in [-0.05, 0) is 23.8 Å². The maximum atomic E-state index is 12.3. The predicted octanol–water partition coefficient (Wildman–Crippen LogP) is 4.38. The molecule has 0 aliphatic carbocycles. The molecular formula is C19H17Cl2NO3. The van der Waals surface area contributed by atoms with Crippen LogP contribution in [0.15, 0.2) is 54.6 Å². The van der Waals surface area contributed by atoms with Crippen LogP contribution in [-0.2, 0) is 14.3 Å². The van der Waals surface area contributed by atoms with Crippen molar-refractivity contribution in [3.05, 3.63) is 75.8 Å². The molecule has 0 unspecified atom stereocenters. The summed E-state index contributed by atoms with van der Waals surface area (Å²) in [4.78, 5) is 25.9. The summed E-state index contributed by atoms with van der Waals surface area (Å²) in [6.07, 6.45) is 1.80. The summed E-state index contributed by atoms with van der Waals surface area (Å²) in [5.41, 5.74) is 1.30. The smallest absolute Gasteiger partial charge is 0.331 e. The SMILES string of the molecule is CN(C)C(=O)[C@H](OC(=O)/C=C/c1ccc(Cl)c(Cl)c1)c1ccccc1. The highest BCUT2D eigenvalue weighted by Gasteiger charge is 2.25. The molecule has 2 aromatic rings. The number of amides is 1. The molecule has 0 aromatic heterocycles. The van der Waals surface area contributed by atoms with Crippen LogP contribution in [0.25, 0.3) is 6.08 Å². The first-order chi connectivity index (χ1) is 11.9. The monoisotopic (exact) mass is 377 g/mol. The van der Waals surface area contributed by atoms with Crippen molar-refractivity contribution in [2.45, 2.75) is 6.10 Å². The van der Waals surface area contributed by atoms with E-state index >= 15 is 0 Å². The summed E-state index contributed by atoms with van der Waals surface area (Å²) in [6, 6.07) is 13.9. The quantitative estimate of drug-likeness (QED) is 0.573. The van der Waals surface area contributed by atoms with E-state index in [1.807, 2.05) is 6.07 Å². The van der Waals surface area contributed by atoms with Gasteiger partial charge in [0, 0.05) is 25.7 Å². The van der Waals surface area contributed by atoms with Crippen LogP contribution in [0.2, 0.25) is 10.0 Å². The second-order valence-corrected chi connectivity index (χ2v) is 6.28. The zero-order valence-electron chi connectivity index (χ0n) is 13.8. The number of nitrogens with zero attached hydrogens (tertiary/aromatic N) is 1. The Bertz CT molecular complexity index is 789. The molecule has 0 saturated carbocycles. The average molecular weight is 378 g/mol. The van der Waals surface area contributed by atoms with Crippen molar-refractivity contribution in [2.75, 3.05) is 14.1 Å². The third kappa shape index (κ3) is 5.34. The van der Waals surface area contributed by atoms with Crippen LogP contribution in [-0.4, -0.2) is 30.9 Å². The third-order valence-corrected chi connectivity index (χ3v) is 4.10. The van der Waals surface area contributed by atoms with Gasteiger partial charge in [0.15, 0.2) is 0 Å². The summed E-state index contributed by atoms with van der Waals surface area (Å²) >= 11 is 11.8. The standard InChI is InChI=1S/C19H17Cl2NO3/c1-22(2)19(24)18(14-6-4-3-5-7-14)25-17(23)11-9-13-8-10-15(20)16(21)12-13/h3-12,18H,1-2H3/b11-9+/t18-/m1/s1. The van der Waals surface area contributed by atoms with Gasteiger partial charge in [-0.1, -0.05) is 59.6 Å². The van der Waals surface area contributed by atoms with Crippen LogP contribution in [0.1, 0.15) is 17.2 Å². The van der Waals surface area contributed by atoms with E-state index in [4.69, 9.17) is 27.9 Å². The highest BCUT2D eigenvalue weighted by Crippen LogP contribution is 2.23. The van der Waals surface area contributed by atoms with Gasteiger partial charge >= 0.3 is 5.97 Å². The van der Waals surface area contributed by atoms with Crippen molar-refractivity contribution < 1.29 is 14.3 Å². The number of ether oxygens (including phenoxy) is 1. The second-order valence-electron chi connectivity index (χ2n) is 5.47. The minimum Gasteiger partial charge on any atom is -0.444 e. The van der Waals surface area contributed by atoms with Crippen LogP contribution in [0.4, 0.5) is 0 Å². The zero-order valence-corrected chi connectivity index (χ0v) is 15.3. The predicted molar refractivity (Wildman–Crippen MR) is 99.5 cm³/mol. The van der Waals surface area contributed by atoms with Crippen molar-refractivity contribution in [1.29, 1.82) is 0 Å². The Hall–Kier alpha value is -2.30. The minimum absolute atomic E-state index is 0.317. The number of hydrogen-bond donors (Lipinski definition) is 0. The molecule has 0 radical (unpaired) electrons. The first kappa shape index (κ1) is 19.0. The maximum absolute atomic E-state index is 12.3. The number of carbonyl (C=O) groups excluding carboxylic acids is 2. The summed E-state index contributed by atoms with van der Waals surface area (Å²) < 4.78 is 5.36. The van der Waals surface area contributed by atoms with Gasteiger partial charge in [0.25, 0.3) is 5.91 Å². The lowest BCUT2D eigenvalue weighted by atomic mass is 10.1. The van der Waals surface area contributed by atoms with Gasteiger partial charge in [0.05, 0.1) is 10.0 Å². The number of esters is 1. The second kappa shape index (κ2) is 8.70. The average Bonchev–Trinajstić information content (AvgIpc) is 2.60. The van der Waals surface area contributed by atoms with E-state index in [0.717, 1.165) is 0 Å². The van der Waals surface area contributed by atoms with E-state index in [9.17, 15) is 9.59 Å². The van der Waals surface area contributed by atoms with Crippen LogP contribution >= 0.6 is 23.2 Å². The van der Waals surface area contributed by atoms with Gasteiger partial charge in [-0.2, -0.15) is 0 Å². The minimum atomic E-state index is -0.998. The van der Waals surface area contributed by atoms with Crippen molar-refractivity contribution in [2.24, 2.45) is 0 Å². The Kier molecular flexibility index (Phi) is 6.62. The number of rotatable bonds is 5. The molecule has 130 valence electrons. The molecule has 0 N–H and O–H groups in total. The first-order valence-electron chi connectivity index (χ1n) is 7.48. The molecule has 25 heavy (non-hydrogen) atoms. The maximum Gasteiger partial charge on any atom is 0.331 e. The topological polar surface area (TPSA) is 46.6 Å². The molecule has 0 aliphatic heterocycles. The molecule has 2 rings (SSSR count). The molecule has 4 nitrogen and oxygen atoms in total. The van der Waals surface area contributed by atoms with Crippen molar-refractivity contribution >= 4 is 41.2 Å². The fraction of sp³-hybridized carbons (Fsp3) is 0.158. The lowest BCUT2D eigenvalue weighted by Gasteiger charge is -2.20. The Morgan fingerprint density at radius 1 is 1.04 bits per heavy atom. The largest absolute Gasteiger partial charge is 0.444 e. The summed E-state index contributed by atoms with van der Waals surface area (Å²) in [5, 5.41) is 0.823. The third-order valence-electron chi connectivity index (χ3n) is 3.36. The number of likely N-dealkylation sites (N-methyl/N-ethyl adjacent to an activating group) is 1. The lowest BCUT2D eigenvalue weighted by Crippen LogP contribution is -2.30. The van der Waals surface area contributed by atoms with E-state index in [1.54, 1.807) is 62.6 Å². The zero-order chi connectivity index (χ0) is 18.4. The Labute approximate surface area is 156 Å². The molecule has 0 aliphatic rings. The number of carbonyl (C=O) groups is 2. The van der Waals surface area contributed by atoms with Gasteiger partial charge in [-0.3, -0.25) is 4.79 Å². The van der Waals surface area contributed by atoms with Crippen molar-refractivity contribution in [1.82, 2.24) is 4.90 Å². The molecule has 0 fully saturated rings. The van der Waals surface area contributed by atoms with E-state index in [1.165, 1.54) is 11.0 Å². The van der Waals surface area contributed by atoms with E-state index in [0.29, 0.717) is 21.2 Å². The first-order valence-corrected chi connectivity index (χ1v) is 8.24. The fourth-order valence-electron chi connectivity index (χ4n) is 2.06. The van der Waals surface area contributed by atoms with E-state index in [-0.39, 0.29) is 5.91 Å². The molecule has 0 bridgehead atoms. The van der Waals surface area contributed by atoms with E-state index < -0.39 is 12.1 Å². The van der Waals surface area contributed by atoms with Gasteiger partial charge in [0.1, 0.15) is 0 Å². The molecular weight excluding hydrogens is 361 g/mol. The molecule has 0 heterocycles. The van der Waals surface area contributed by atoms with Gasteiger partial charge < -0.3 is 9.64 Å². The van der Waals surface area contributed by atoms with E-state index in [2.05, 4.69) is 0 Å². The van der Waals surface area contributed by atoms with Crippen molar-refractivity contribution in [3.63, 3.8) is 0 Å². The van der Waals surface area contributed by atoms with Crippen LogP contribution in [0, 0.1) is 0 Å². The molecule has 0 saturated heterocycles. The Morgan fingerprint density at radius 2 is 1.72 bits per heavy atom. The van der Waals surface area contributed by atoms with Crippen molar-refractivity contribution in [3.8, 4) is 0 Å². The molecule has 1 atom stereocenters. The van der Waals surface area contributed by atoms with Gasteiger partial charge in [0.2, 0.25) is 6.10 Å². The van der Waals surface area contributed by atoms with Crippen LogP contribution < -0.4 is 0 Å². The molecule has 1 amide bonds. The van der Waals surface area contributed by atoms with Gasteiger partial charge in [-0.15, -0.1) is 0 Å². The summed E-state index contributed by atoms with van der Waals surface area (Å²) in [7, 11) is 3.22. The number of benzene rings is 2. The Balaban J connectivity index is 2.15. The molecule has 6 heteroatoms. The van der Waals surface area contributed by atoms with Gasteiger partial charge in [-0.25, -0.2) is 4.79 Å². The normalized spacial score (nSPS) is 12.0. The van der Waals surface area contributed by atoms with Crippen LogP contribution in [0.5, 0.6) is 0 Å². The lowest BCUT2D eigenvalue weighted by molar-refractivity contribution is -0.155. The fourth-order valence-corrected chi connectivity index (χ4v) is 2.37. The highest BCUT2D eigenvalue weighted by atomic mass is 35.5. The van der Waals surface area contributed by atoms with Crippen LogP contribution in [0.3, 0.4) is 0 Å². The number of hydrogen-bond acceptors (Lipinski definition) is 3. The highest BCUT2D eigenvalue weighted by molar-refractivity contribution is 6.42. The summed E-state index contributed by atoms with van der Waals surface area (Å²) in [5.74, 6) is -0.947. The Morgan fingerprint density at radius 3 is 2.32 bits per heavy atom. The molecule has 0 spiro atoms. The number of halogens is 2. The summed E-state index contributed by atoms with van der Waals surface area (Å²) in [6.45, 7) is 0.